The summed E-state index contributed by atoms with van der Waals surface area (Å²) in [5.74, 6) is 0.596. The topological polar surface area (TPSA) is 64.2 Å². The number of anilines is 1. The van der Waals surface area contributed by atoms with Crippen molar-refractivity contribution in [2.24, 2.45) is 7.05 Å². The van der Waals surface area contributed by atoms with Crippen LogP contribution in [0, 0.1) is 17.0 Å². The summed E-state index contributed by atoms with van der Waals surface area (Å²) in [5, 5.41) is 17.5. The van der Waals surface area contributed by atoms with Gasteiger partial charge in [0.1, 0.15) is 5.69 Å². The van der Waals surface area contributed by atoms with E-state index in [9.17, 15) is 10.1 Å². The number of nitrogens with zero attached hydrogens (tertiary/aromatic N) is 4. The van der Waals surface area contributed by atoms with E-state index in [1.807, 2.05) is 11.0 Å². The number of aromatic nitrogens is 2. The summed E-state index contributed by atoms with van der Waals surface area (Å²) in [4.78, 5) is 14.2. The molecule has 0 fully saturated rings. The lowest BCUT2D eigenvalue weighted by Crippen LogP contribution is -2.30. The van der Waals surface area contributed by atoms with E-state index in [0.29, 0.717) is 18.1 Å². The van der Waals surface area contributed by atoms with Gasteiger partial charge in [-0.1, -0.05) is 12.1 Å². The van der Waals surface area contributed by atoms with E-state index < -0.39 is 0 Å². The molecule has 0 saturated heterocycles. The average Bonchev–Trinajstić information content (AvgIpc) is 3.06. The number of rotatable bonds is 3. The van der Waals surface area contributed by atoms with Crippen LogP contribution in [0.2, 0.25) is 0 Å². The summed E-state index contributed by atoms with van der Waals surface area (Å²) in [6, 6.07) is 4.16. The molecule has 3 rings (SSSR count). The van der Waals surface area contributed by atoms with Crippen LogP contribution in [0.5, 0.6) is 0 Å². The Morgan fingerprint density at radius 1 is 1.48 bits per heavy atom. The van der Waals surface area contributed by atoms with Crippen LogP contribution in [0.1, 0.15) is 17.0 Å². The molecule has 0 spiro atoms. The van der Waals surface area contributed by atoms with Gasteiger partial charge in [0.25, 0.3) is 0 Å². The summed E-state index contributed by atoms with van der Waals surface area (Å²) < 4.78 is 1.61. The van der Waals surface area contributed by atoms with Crippen molar-refractivity contribution in [2.75, 3.05) is 18.0 Å². The molecule has 0 aromatic carbocycles. The predicted molar refractivity (Wildman–Crippen MR) is 83.7 cm³/mol. The maximum absolute atomic E-state index is 11.3. The van der Waals surface area contributed by atoms with Crippen LogP contribution in [0.15, 0.2) is 23.6 Å². The molecule has 0 radical (unpaired) electrons. The summed E-state index contributed by atoms with van der Waals surface area (Å²) in [6.07, 6.45) is 3.04. The lowest BCUT2D eigenvalue weighted by atomic mass is 10.1. The Kier molecular flexibility index (Phi) is 3.50. The van der Waals surface area contributed by atoms with Crippen molar-refractivity contribution in [3.05, 3.63) is 44.3 Å². The molecular formula is C14H16N4O2S. The second kappa shape index (κ2) is 5.33. The monoisotopic (exact) mass is 304 g/mol. The molecule has 7 heteroatoms. The highest BCUT2D eigenvalue weighted by atomic mass is 32.1. The van der Waals surface area contributed by atoms with Crippen LogP contribution in [0.3, 0.4) is 0 Å². The number of aryl methyl sites for hydroxylation is 2. The van der Waals surface area contributed by atoms with Gasteiger partial charge in [0.15, 0.2) is 0 Å². The molecule has 0 N–H and O–H groups in total. The summed E-state index contributed by atoms with van der Waals surface area (Å²) in [6.45, 7) is 3.12. The second-order valence-corrected chi connectivity index (χ2v) is 5.99. The molecule has 0 amide bonds. The number of hydrogen-bond donors (Lipinski definition) is 0. The summed E-state index contributed by atoms with van der Waals surface area (Å²) in [5.41, 5.74) is 1.90. The maximum atomic E-state index is 11.3. The maximum Gasteiger partial charge on any atom is 0.333 e. The van der Waals surface area contributed by atoms with Crippen LogP contribution in [-0.2, 0) is 7.05 Å². The average molecular weight is 304 g/mol. The normalized spacial score (nSPS) is 15.1. The van der Waals surface area contributed by atoms with Crippen LogP contribution in [0.4, 0.5) is 11.5 Å². The lowest BCUT2D eigenvalue weighted by Gasteiger charge is -2.27. The largest absolute Gasteiger partial charge is 0.347 e. The van der Waals surface area contributed by atoms with E-state index in [4.69, 9.17) is 0 Å². The van der Waals surface area contributed by atoms with Gasteiger partial charge in [0, 0.05) is 25.0 Å². The Hall–Kier alpha value is -2.15. The molecule has 0 saturated carbocycles. The van der Waals surface area contributed by atoms with Gasteiger partial charge in [-0.2, -0.15) is 5.10 Å². The van der Waals surface area contributed by atoms with E-state index >= 15 is 0 Å². The van der Waals surface area contributed by atoms with Crippen molar-refractivity contribution in [1.29, 1.82) is 0 Å². The van der Waals surface area contributed by atoms with Crippen molar-refractivity contribution in [3.8, 4) is 0 Å². The molecule has 2 aromatic heterocycles. The van der Waals surface area contributed by atoms with E-state index in [2.05, 4.69) is 22.6 Å². The Labute approximate surface area is 126 Å². The molecule has 0 unspecified atom stereocenters. The van der Waals surface area contributed by atoms with Gasteiger partial charge in [-0.05, 0) is 30.4 Å². The number of thiophene rings is 1. The zero-order chi connectivity index (χ0) is 15.0. The zero-order valence-electron chi connectivity index (χ0n) is 11.9. The molecule has 1 aliphatic heterocycles. The fraction of sp³-hybridized carbons (Fsp3) is 0.357. The SMILES string of the molecule is Cc1nn(C)c(N2CC=C(c3cccs3)CC2)c1[N+](=O)[O-]. The molecule has 0 aliphatic carbocycles. The standard InChI is InChI=1S/C14H16N4O2S/c1-10-13(18(19)20)14(16(2)15-10)17-7-5-11(6-8-17)12-4-3-9-21-12/h3-5,9H,6-8H2,1-2H3. The highest BCUT2D eigenvalue weighted by Crippen LogP contribution is 2.34. The Morgan fingerprint density at radius 3 is 2.86 bits per heavy atom. The number of nitro groups is 1. The summed E-state index contributed by atoms with van der Waals surface area (Å²) >= 11 is 1.73. The Morgan fingerprint density at radius 2 is 2.29 bits per heavy atom. The fourth-order valence-corrected chi connectivity index (χ4v) is 3.55. The molecule has 21 heavy (non-hydrogen) atoms. The Bertz CT molecular complexity index is 703. The second-order valence-electron chi connectivity index (χ2n) is 5.04. The molecule has 1 aliphatic rings. The van der Waals surface area contributed by atoms with Crippen LogP contribution >= 0.6 is 11.3 Å². The van der Waals surface area contributed by atoms with Gasteiger partial charge in [-0.25, -0.2) is 4.68 Å². The smallest absolute Gasteiger partial charge is 0.333 e. The van der Waals surface area contributed by atoms with Gasteiger partial charge in [0.05, 0.1) is 4.92 Å². The van der Waals surface area contributed by atoms with Crippen molar-refractivity contribution in [2.45, 2.75) is 13.3 Å². The quantitative estimate of drug-likeness (QED) is 0.646. The summed E-state index contributed by atoms with van der Waals surface area (Å²) in [7, 11) is 1.76. The van der Waals surface area contributed by atoms with Crippen molar-refractivity contribution in [3.63, 3.8) is 0 Å². The first-order chi connectivity index (χ1) is 10.1. The minimum atomic E-state index is -0.337. The van der Waals surface area contributed by atoms with E-state index in [-0.39, 0.29) is 10.6 Å². The third-order valence-corrected chi connectivity index (χ3v) is 4.64. The van der Waals surface area contributed by atoms with Gasteiger partial charge in [-0.3, -0.25) is 10.1 Å². The van der Waals surface area contributed by atoms with Crippen molar-refractivity contribution < 1.29 is 4.92 Å². The minimum Gasteiger partial charge on any atom is -0.347 e. The fourth-order valence-electron chi connectivity index (χ4n) is 2.75. The zero-order valence-corrected chi connectivity index (χ0v) is 12.8. The van der Waals surface area contributed by atoms with Crippen LogP contribution in [-0.4, -0.2) is 27.8 Å². The first-order valence-electron chi connectivity index (χ1n) is 6.73. The molecule has 6 nitrogen and oxygen atoms in total. The molecule has 110 valence electrons. The van der Waals surface area contributed by atoms with Gasteiger partial charge in [-0.15, -0.1) is 11.3 Å². The van der Waals surface area contributed by atoms with E-state index in [1.54, 1.807) is 30.0 Å². The van der Waals surface area contributed by atoms with E-state index in [0.717, 1.165) is 13.0 Å². The highest BCUT2D eigenvalue weighted by molar-refractivity contribution is 7.11. The van der Waals surface area contributed by atoms with Gasteiger partial charge in [0.2, 0.25) is 5.82 Å². The first-order valence-corrected chi connectivity index (χ1v) is 7.61. The van der Waals surface area contributed by atoms with Crippen LogP contribution < -0.4 is 4.90 Å². The van der Waals surface area contributed by atoms with Crippen LogP contribution in [0.25, 0.3) is 5.57 Å². The molecule has 2 aromatic rings. The molecular weight excluding hydrogens is 288 g/mol. The molecule has 0 bridgehead atoms. The van der Waals surface area contributed by atoms with Gasteiger partial charge >= 0.3 is 5.69 Å². The number of hydrogen-bond acceptors (Lipinski definition) is 5. The first kappa shape index (κ1) is 13.8. The third-order valence-electron chi connectivity index (χ3n) is 3.69. The molecule has 0 atom stereocenters. The lowest BCUT2D eigenvalue weighted by molar-refractivity contribution is -0.384. The third kappa shape index (κ3) is 2.44. The highest BCUT2D eigenvalue weighted by Gasteiger charge is 2.29. The predicted octanol–water partition coefficient (Wildman–Crippen LogP) is 2.99. The van der Waals surface area contributed by atoms with Crippen molar-refractivity contribution in [1.82, 2.24) is 9.78 Å². The minimum absolute atomic E-state index is 0.116. The Balaban J connectivity index is 1.89. The van der Waals surface area contributed by atoms with Crippen molar-refractivity contribution >= 4 is 28.4 Å². The van der Waals surface area contributed by atoms with E-state index in [1.165, 1.54) is 10.5 Å². The molecule has 3 heterocycles. The van der Waals surface area contributed by atoms with Gasteiger partial charge < -0.3 is 4.90 Å².